The number of aliphatic hydroxyl groups is 1. The zero-order valence-electron chi connectivity index (χ0n) is 12.9. The van der Waals surface area contributed by atoms with Gasteiger partial charge >= 0.3 is 0 Å². The summed E-state index contributed by atoms with van der Waals surface area (Å²) in [6, 6.07) is 12.4. The van der Waals surface area contributed by atoms with Crippen molar-refractivity contribution >= 4 is 0 Å². The predicted molar refractivity (Wildman–Crippen MR) is 82.2 cm³/mol. The fourth-order valence-corrected chi connectivity index (χ4v) is 2.48. The van der Waals surface area contributed by atoms with Crippen LogP contribution in [0.5, 0.6) is 5.75 Å². The Labute approximate surface area is 125 Å². The molecule has 0 aliphatic heterocycles. The van der Waals surface area contributed by atoms with Crippen LogP contribution in [0.25, 0.3) is 0 Å². The van der Waals surface area contributed by atoms with Gasteiger partial charge in [0, 0.05) is 5.56 Å². The van der Waals surface area contributed by atoms with Crippen LogP contribution in [0.3, 0.4) is 0 Å². The summed E-state index contributed by atoms with van der Waals surface area (Å²) in [7, 11) is 1.41. The number of hydrogen-bond donors (Lipinski definition) is 1. The molecule has 0 aromatic heterocycles. The second-order valence-electron chi connectivity index (χ2n) is 6.10. The van der Waals surface area contributed by atoms with Crippen LogP contribution in [0, 0.1) is 5.82 Å². The first-order valence-corrected chi connectivity index (χ1v) is 6.96. The fourth-order valence-electron chi connectivity index (χ4n) is 2.48. The van der Waals surface area contributed by atoms with Gasteiger partial charge in [0.1, 0.15) is 6.10 Å². The first-order valence-electron chi connectivity index (χ1n) is 6.96. The monoisotopic (exact) mass is 288 g/mol. The lowest BCUT2D eigenvalue weighted by atomic mass is 9.81. The van der Waals surface area contributed by atoms with Gasteiger partial charge in [-0.1, -0.05) is 57.2 Å². The van der Waals surface area contributed by atoms with Crippen molar-refractivity contribution in [2.75, 3.05) is 7.11 Å². The highest BCUT2D eigenvalue weighted by molar-refractivity contribution is 5.42. The Morgan fingerprint density at radius 1 is 1.00 bits per heavy atom. The third-order valence-electron chi connectivity index (χ3n) is 3.57. The fraction of sp³-hybridized carbons (Fsp3) is 0.333. The summed E-state index contributed by atoms with van der Waals surface area (Å²) in [5, 5.41) is 10.6. The number of aliphatic hydroxyl groups excluding tert-OH is 1. The Morgan fingerprint density at radius 2 is 1.62 bits per heavy atom. The predicted octanol–water partition coefficient (Wildman–Crippen LogP) is 4.21. The van der Waals surface area contributed by atoms with Crippen molar-refractivity contribution in [2.45, 2.75) is 32.3 Å². The van der Waals surface area contributed by atoms with E-state index in [1.165, 1.54) is 7.11 Å². The zero-order chi connectivity index (χ0) is 15.6. The van der Waals surface area contributed by atoms with E-state index in [-0.39, 0.29) is 16.7 Å². The second-order valence-corrected chi connectivity index (χ2v) is 6.10. The lowest BCUT2D eigenvalue weighted by molar-refractivity contribution is 0.210. The van der Waals surface area contributed by atoms with Crippen molar-refractivity contribution in [3.05, 3.63) is 65.0 Å². The van der Waals surface area contributed by atoms with Gasteiger partial charge in [-0.3, -0.25) is 0 Å². The maximum Gasteiger partial charge on any atom is 0.171 e. The topological polar surface area (TPSA) is 29.5 Å². The van der Waals surface area contributed by atoms with E-state index in [1.54, 1.807) is 18.2 Å². The molecular weight excluding hydrogens is 267 g/mol. The van der Waals surface area contributed by atoms with Gasteiger partial charge < -0.3 is 9.84 Å². The number of halogens is 1. The van der Waals surface area contributed by atoms with E-state index in [1.807, 2.05) is 24.3 Å². The molecule has 0 bridgehead atoms. The Hall–Kier alpha value is -1.87. The molecule has 0 aliphatic rings. The molecule has 1 unspecified atom stereocenters. The summed E-state index contributed by atoms with van der Waals surface area (Å²) in [5.74, 6) is -0.379. The number of ether oxygens (including phenoxy) is 1. The van der Waals surface area contributed by atoms with Crippen molar-refractivity contribution in [3.63, 3.8) is 0 Å². The summed E-state index contributed by atoms with van der Waals surface area (Å²) in [4.78, 5) is 0. The summed E-state index contributed by atoms with van der Waals surface area (Å²) >= 11 is 0. The van der Waals surface area contributed by atoms with Crippen LogP contribution in [-0.4, -0.2) is 12.2 Å². The molecule has 112 valence electrons. The number of rotatable bonds is 3. The molecule has 1 N–H and O–H groups in total. The minimum atomic E-state index is -1.02. The van der Waals surface area contributed by atoms with Crippen molar-refractivity contribution in [3.8, 4) is 5.75 Å². The van der Waals surface area contributed by atoms with Gasteiger partial charge in [0.25, 0.3) is 0 Å². The smallest absolute Gasteiger partial charge is 0.171 e. The molecule has 0 amide bonds. The molecule has 2 nitrogen and oxygen atoms in total. The van der Waals surface area contributed by atoms with E-state index in [0.29, 0.717) is 0 Å². The Kier molecular flexibility index (Phi) is 4.33. The van der Waals surface area contributed by atoms with Crippen LogP contribution in [0.1, 0.15) is 43.6 Å². The highest BCUT2D eigenvalue weighted by Crippen LogP contribution is 2.35. The zero-order valence-corrected chi connectivity index (χ0v) is 12.9. The molecule has 0 heterocycles. The lowest BCUT2D eigenvalue weighted by Crippen LogP contribution is -2.17. The van der Waals surface area contributed by atoms with Crippen LogP contribution < -0.4 is 4.74 Å². The normalized spacial score (nSPS) is 13.0. The van der Waals surface area contributed by atoms with Gasteiger partial charge in [-0.05, 0) is 22.6 Å². The molecule has 0 saturated heterocycles. The molecule has 3 heteroatoms. The van der Waals surface area contributed by atoms with Gasteiger partial charge in [0.15, 0.2) is 11.6 Å². The van der Waals surface area contributed by atoms with Crippen molar-refractivity contribution in [1.29, 1.82) is 0 Å². The van der Waals surface area contributed by atoms with Crippen LogP contribution in [0.4, 0.5) is 4.39 Å². The molecular formula is C18H21FO2. The van der Waals surface area contributed by atoms with Crippen molar-refractivity contribution < 1.29 is 14.2 Å². The van der Waals surface area contributed by atoms with Crippen molar-refractivity contribution in [2.24, 2.45) is 0 Å². The molecule has 2 rings (SSSR count). The standard InChI is InChI=1S/C18H21FO2/c1-18(2,3)14-10-6-5-8-12(14)17(20)13-9-7-11-15(21-4)16(13)19/h5-11,17,20H,1-4H3. The molecule has 0 radical (unpaired) electrons. The van der Waals surface area contributed by atoms with E-state index in [9.17, 15) is 9.50 Å². The van der Waals surface area contributed by atoms with E-state index in [2.05, 4.69) is 20.8 Å². The van der Waals surface area contributed by atoms with Crippen LogP contribution in [0.2, 0.25) is 0 Å². The Morgan fingerprint density at radius 3 is 2.24 bits per heavy atom. The van der Waals surface area contributed by atoms with Gasteiger partial charge in [-0.15, -0.1) is 0 Å². The average Bonchev–Trinajstić information content (AvgIpc) is 2.46. The third-order valence-corrected chi connectivity index (χ3v) is 3.57. The second kappa shape index (κ2) is 5.86. The number of methoxy groups -OCH3 is 1. The van der Waals surface area contributed by atoms with Gasteiger partial charge in [0.2, 0.25) is 0 Å². The molecule has 2 aromatic rings. The van der Waals surface area contributed by atoms with E-state index in [0.717, 1.165) is 11.1 Å². The highest BCUT2D eigenvalue weighted by Gasteiger charge is 2.24. The number of benzene rings is 2. The van der Waals surface area contributed by atoms with Crippen LogP contribution in [-0.2, 0) is 5.41 Å². The summed E-state index contributed by atoms with van der Waals surface area (Å²) in [5.41, 5.74) is 1.82. The first-order chi connectivity index (χ1) is 9.86. The van der Waals surface area contributed by atoms with Crippen LogP contribution >= 0.6 is 0 Å². The molecule has 1 atom stereocenters. The van der Waals surface area contributed by atoms with Gasteiger partial charge in [0.05, 0.1) is 7.11 Å². The molecule has 2 aromatic carbocycles. The third kappa shape index (κ3) is 3.08. The van der Waals surface area contributed by atoms with Gasteiger partial charge in [-0.2, -0.15) is 0 Å². The van der Waals surface area contributed by atoms with Crippen LogP contribution in [0.15, 0.2) is 42.5 Å². The minimum absolute atomic E-state index is 0.132. The lowest BCUT2D eigenvalue weighted by Gasteiger charge is -2.25. The molecule has 0 saturated carbocycles. The Balaban J connectivity index is 2.54. The van der Waals surface area contributed by atoms with Gasteiger partial charge in [-0.25, -0.2) is 4.39 Å². The van der Waals surface area contributed by atoms with E-state index in [4.69, 9.17) is 4.74 Å². The maximum absolute atomic E-state index is 14.4. The summed E-state index contributed by atoms with van der Waals surface area (Å²) < 4.78 is 19.3. The molecule has 0 spiro atoms. The summed E-state index contributed by atoms with van der Waals surface area (Å²) in [6.07, 6.45) is -1.02. The van der Waals surface area contributed by atoms with Crippen molar-refractivity contribution in [1.82, 2.24) is 0 Å². The number of hydrogen-bond acceptors (Lipinski definition) is 2. The quantitative estimate of drug-likeness (QED) is 0.916. The highest BCUT2D eigenvalue weighted by atomic mass is 19.1. The van der Waals surface area contributed by atoms with E-state index >= 15 is 0 Å². The average molecular weight is 288 g/mol. The molecule has 0 fully saturated rings. The SMILES string of the molecule is COc1cccc(C(O)c2ccccc2C(C)(C)C)c1F. The maximum atomic E-state index is 14.4. The molecule has 0 aliphatic carbocycles. The molecule has 21 heavy (non-hydrogen) atoms. The Bertz CT molecular complexity index is 629. The first kappa shape index (κ1) is 15.5. The summed E-state index contributed by atoms with van der Waals surface area (Å²) in [6.45, 7) is 6.21. The van der Waals surface area contributed by atoms with E-state index < -0.39 is 11.9 Å². The largest absolute Gasteiger partial charge is 0.494 e. The minimum Gasteiger partial charge on any atom is -0.494 e.